The molecule has 9 heteroatoms. The zero-order valence-corrected chi connectivity index (χ0v) is 19.2. The fourth-order valence-electron chi connectivity index (χ4n) is 2.81. The maximum Gasteiger partial charge on any atom is 0.243 e. The summed E-state index contributed by atoms with van der Waals surface area (Å²) in [6, 6.07) is 3.88. The van der Waals surface area contributed by atoms with Crippen LogP contribution in [-0.2, 0) is 4.79 Å². The van der Waals surface area contributed by atoms with E-state index in [1.165, 1.54) is 23.1 Å². The smallest absolute Gasteiger partial charge is 0.243 e. The van der Waals surface area contributed by atoms with E-state index in [1.54, 1.807) is 19.0 Å². The van der Waals surface area contributed by atoms with Crippen LogP contribution in [0.3, 0.4) is 0 Å². The molecule has 0 aliphatic carbocycles. The van der Waals surface area contributed by atoms with Gasteiger partial charge in [-0.15, -0.1) is 24.0 Å². The third kappa shape index (κ3) is 7.06. The van der Waals surface area contributed by atoms with Crippen molar-refractivity contribution in [3.05, 3.63) is 29.8 Å². The second-order valence-corrected chi connectivity index (χ2v) is 7.37. The monoisotopic (exact) mass is 509 g/mol. The van der Waals surface area contributed by atoms with E-state index in [-0.39, 0.29) is 48.2 Å². The maximum absolute atomic E-state index is 14.0. The first kappa shape index (κ1) is 24.4. The Kier molecular flexibility index (Phi) is 9.91. The van der Waals surface area contributed by atoms with E-state index in [0.29, 0.717) is 31.5 Å². The molecule has 1 aliphatic heterocycles. The van der Waals surface area contributed by atoms with Crippen molar-refractivity contribution in [3.63, 3.8) is 0 Å². The minimum atomic E-state index is -0.556. The number of rotatable bonds is 6. The van der Waals surface area contributed by atoms with Crippen molar-refractivity contribution >= 4 is 41.5 Å². The van der Waals surface area contributed by atoms with E-state index in [0.717, 1.165) is 6.42 Å². The fourth-order valence-corrected chi connectivity index (χ4v) is 2.81. The predicted octanol–water partition coefficient (Wildman–Crippen LogP) is 2.44. The molecule has 158 valence electrons. The van der Waals surface area contributed by atoms with Crippen LogP contribution in [0.4, 0.5) is 14.5 Å². The van der Waals surface area contributed by atoms with Gasteiger partial charge in [-0.2, -0.15) is 0 Å². The topological polar surface area (TPSA) is 60.0 Å². The zero-order valence-electron chi connectivity index (χ0n) is 16.8. The van der Waals surface area contributed by atoms with Gasteiger partial charge in [-0.05, 0) is 24.5 Å². The first-order valence-corrected chi connectivity index (χ1v) is 9.22. The summed E-state index contributed by atoms with van der Waals surface area (Å²) >= 11 is 0. The van der Waals surface area contributed by atoms with Gasteiger partial charge >= 0.3 is 0 Å². The van der Waals surface area contributed by atoms with Crippen molar-refractivity contribution < 1.29 is 13.6 Å². The largest absolute Gasteiger partial charge is 0.365 e. The van der Waals surface area contributed by atoms with Crippen LogP contribution in [0.25, 0.3) is 0 Å². The summed E-state index contributed by atoms with van der Waals surface area (Å²) in [5.74, 6) is -0.255. The molecule has 1 unspecified atom stereocenters. The molecule has 1 fully saturated rings. The lowest BCUT2D eigenvalue weighted by atomic mass is 10.2. The number of hydrogen-bond donors (Lipinski definition) is 2. The molecule has 2 rings (SSSR count). The van der Waals surface area contributed by atoms with Crippen molar-refractivity contribution in [1.82, 2.24) is 15.5 Å². The van der Waals surface area contributed by atoms with E-state index < -0.39 is 11.6 Å². The lowest BCUT2D eigenvalue weighted by Gasteiger charge is -2.22. The molecule has 0 saturated carbocycles. The quantitative estimate of drug-likeness (QED) is 0.352. The molecule has 1 amide bonds. The highest BCUT2D eigenvalue weighted by Crippen LogP contribution is 2.26. The van der Waals surface area contributed by atoms with E-state index >= 15 is 0 Å². The number of hydrogen-bond acceptors (Lipinski definition) is 3. The lowest BCUT2D eigenvalue weighted by Crippen LogP contribution is -2.46. The van der Waals surface area contributed by atoms with Crippen molar-refractivity contribution in [2.24, 2.45) is 10.9 Å². The molecular weight excluding hydrogens is 479 g/mol. The maximum atomic E-state index is 14.0. The molecule has 0 radical (unpaired) electrons. The van der Waals surface area contributed by atoms with Gasteiger partial charge in [0.1, 0.15) is 23.9 Å². The number of aliphatic imine (C=N–C) groups is 1. The van der Waals surface area contributed by atoms with Crippen LogP contribution in [0.2, 0.25) is 0 Å². The summed E-state index contributed by atoms with van der Waals surface area (Å²) in [6.45, 7) is 5.91. The Labute approximate surface area is 182 Å². The Bertz CT molecular complexity index is 664. The van der Waals surface area contributed by atoms with Gasteiger partial charge in [0, 0.05) is 39.8 Å². The molecule has 0 bridgehead atoms. The van der Waals surface area contributed by atoms with Gasteiger partial charge in [0.05, 0.1) is 0 Å². The van der Waals surface area contributed by atoms with Gasteiger partial charge in [-0.1, -0.05) is 19.9 Å². The molecule has 1 aromatic carbocycles. The second-order valence-electron chi connectivity index (χ2n) is 7.37. The molecule has 0 spiro atoms. The number of amides is 1. The van der Waals surface area contributed by atoms with Crippen molar-refractivity contribution in [2.75, 3.05) is 45.2 Å². The Balaban J connectivity index is 0.00000392. The van der Waals surface area contributed by atoms with Crippen LogP contribution in [0.5, 0.6) is 0 Å². The zero-order chi connectivity index (χ0) is 20.0. The fraction of sp³-hybridized carbons (Fsp3) is 0.579. The molecule has 1 heterocycles. The Morgan fingerprint density at radius 2 is 1.96 bits per heavy atom. The van der Waals surface area contributed by atoms with Gasteiger partial charge in [0.25, 0.3) is 0 Å². The summed E-state index contributed by atoms with van der Waals surface area (Å²) in [5, 5.41) is 6.51. The number of para-hydroxylation sites is 1. The summed E-state index contributed by atoms with van der Waals surface area (Å²) in [7, 11) is 3.37. The Hall–Kier alpha value is -1.65. The molecule has 6 nitrogen and oxygen atoms in total. The van der Waals surface area contributed by atoms with Crippen molar-refractivity contribution in [2.45, 2.75) is 26.3 Å². The number of anilines is 1. The van der Waals surface area contributed by atoms with Crippen LogP contribution in [0.15, 0.2) is 23.2 Å². The van der Waals surface area contributed by atoms with E-state index in [4.69, 9.17) is 0 Å². The Morgan fingerprint density at radius 3 is 2.54 bits per heavy atom. The van der Waals surface area contributed by atoms with Crippen LogP contribution >= 0.6 is 24.0 Å². The molecule has 1 aliphatic rings. The third-order valence-electron chi connectivity index (χ3n) is 4.33. The van der Waals surface area contributed by atoms with Crippen LogP contribution in [0, 0.1) is 17.6 Å². The summed E-state index contributed by atoms with van der Waals surface area (Å²) in [4.78, 5) is 19.3. The molecular formula is C19H30F2IN5O. The minimum Gasteiger partial charge on any atom is -0.365 e. The van der Waals surface area contributed by atoms with Gasteiger partial charge in [-0.3, -0.25) is 4.79 Å². The SMILES string of the molecule is CC(C)CNC(=NCC(=O)N(C)C)NC1CCN(c2c(F)cccc2F)C1.I. The lowest BCUT2D eigenvalue weighted by molar-refractivity contribution is -0.127. The standard InChI is InChI=1S/C19H29F2N5O.HI/c1-13(2)10-22-19(23-11-17(27)25(3)4)24-14-8-9-26(12-14)18-15(20)6-5-7-16(18)21;/h5-7,13-14H,8-12H2,1-4H3,(H2,22,23,24);1H. The van der Waals surface area contributed by atoms with E-state index in [9.17, 15) is 13.6 Å². The molecule has 1 aromatic rings. The average Bonchev–Trinajstić information content (AvgIpc) is 3.04. The van der Waals surface area contributed by atoms with Gasteiger partial charge in [0.15, 0.2) is 5.96 Å². The number of guanidine groups is 1. The number of likely N-dealkylation sites (N-methyl/N-ethyl adjacent to an activating group) is 1. The second kappa shape index (κ2) is 11.4. The molecule has 1 atom stereocenters. The third-order valence-corrected chi connectivity index (χ3v) is 4.33. The van der Waals surface area contributed by atoms with Crippen molar-refractivity contribution in [3.8, 4) is 0 Å². The first-order valence-electron chi connectivity index (χ1n) is 9.22. The summed E-state index contributed by atoms with van der Waals surface area (Å²) in [6.07, 6.45) is 0.720. The van der Waals surface area contributed by atoms with Crippen LogP contribution < -0.4 is 15.5 Å². The molecule has 2 N–H and O–H groups in total. The normalized spacial score (nSPS) is 16.8. The minimum absolute atomic E-state index is 0. The predicted molar refractivity (Wildman–Crippen MR) is 119 cm³/mol. The number of halogens is 3. The van der Waals surface area contributed by atoms with Crippen molar-refractivity contribution in [1.29, 1.82) is 0 Å². The van der Waals surface area contributed by atoms with E-state index in [2.05, 4.69) is 29.5 Å². The highest BCUT2D eigenvalue weighted by atomic mass is 127. The number of nitrogens with zero attached hydrogens (tertiary/aromatic N) is 3. The first-order chi connectivity index (χ1) is 12.8. The highest BCUT2D eigenvalue weighted by Gasteiger charge is 2.27. The highest BCUT2D eigenvalue weighted by molar-refractivity contribution is 14.0. The van der Waals surface area contributed by atoms with E-state index in [1.807, 2.05) is 0 Å². The van der Waals surface area contributed by atoms with Crippen LogP contribution in [0.1, 0.15) is 20.3 Å². The number of carbonyl (C=O) groups excluding carboxylic acids is 1. The van der Waals surface area contributed by atoms with Gasteiger partial charge < -0.3 is 20.4 Å². The number of nitrogens with one attached hydrogen (secondary N) is 2. The molecule has 0 aromatic heterocycles. The average molecular weight is 509 g/mol. The van der Waals surface area contributed by atoms with Crippen LogP contribution in [-0.4, -0.2) is 63.1 Å². The Morgan fingerprint density at radius 1 is 1.32 bits per heavy atom. The number of benzene rings is 1. The summed E-state index contributed by atoms with van der Waals surface area (Å²) in [5.41, 5.74) is 0.0122. The molecule has 1 saturated heterocycles. The number of carbonyl (C=O) groups is 1. The molecule has 28 heavy (non-hydrogen) atoms. The van der Waals surface area contributed by atoms with Gasteiger partial charge in [-0.25, -0.2) is 13.8 Å². The summed E-state index contributed by atoms with van der Waals surface area (Å²) < 4.78 is 28.0. The van der Waals surface area contributed by atoms with Gasteiger partial charge in [0.2, 0.25) is 5.91 Å².